The van der Waals surface area contributed by atoms with Gasteiger partial charge < -0.3 is 14.4 Å². The molecule has 0 aliphatic carbocycles. The number of barbiturate groups is 1. The lowest BCUT2D eigenvalue weighted by Crippen LogP contribution is -2.54. The van der Waals surface area contributed by atoms with Crippen molar-refractivity contribution in [3.8, 4) is 11.5 Å². The minimum Gasteiger partial charge on any atom is -0.490 e. The Hall–Kier alpha value is -5.93. The van der Waals surface area contributed by atoms with E-state index in [2.05, 4.69) is 34.5 Å². The van der Waals surface area contributed by atoms with Crippen LogP contribution >= 0.6 is 11.6 Å². The summed E-state index contributed by atoms with van der Waals surface area (Å²) in [5.41, 5.74) is 6.86. The molecule has 54 heavy (non-hydrogen) atoms. The Labute approximate surface area is 317 Å². The van der Waals surface area contributed by atoms with Gasteiger partial charge in [-0.3, -0.25) is 14.9 Å². The quantitative estimate of drug-likeness (QED) is 0.120. The predicted octanol–water partition coefficient (Wildman–Crippen LogP) is 9.00. The van der Waals surface area contributed by atoms with E-state index in [4.69, 9.17) is 21.1 Å². The van der Waals surface area contributed by atoms with Gasteiger partial charge in [-0.05, 0) is 95.6 Å². The Morgan fingerprint density at radius 3 is 2.02 bits per heavy atom. The maximum absolute atomic E-state index is 14.4. The van der Waals surface area contributed by atoms with Crippen molar-refractivity contribution in [1.29, 1.82) is 0 Å². The number of carbonyl (C=O) groups excluding carboxylic acids is 3. The normalized spacial score (nSPS) is 18.7. The number of imide groups is 2. The zero-order valence-corrected chi connectivity index (χ0v) is 30.3. The second kappa shape index (κ2) is 14.8. The van der Waals surface area contributed by atoms with Crippen molar-refractivity contribution in [2.45, 2.75) is 38.2 Å². The monoisotopic (exact) mass is 741 g/mol. The fourth-order valence-corrected chi connectivity index (χ4v) is 8.11. The lowest BCUT2D eigenvalue weighted by molar-refractivity contribution is -0.122. The molecule has 5 aromatic carbocycles. The average Bonchev–Trinajstić information content (AvgIpc) is 3.18. The van der Waals surface area contributed by atoms with Gasteiger partial charge in [0.1, 0.15) is 18.0 Å². The van der Waals surface area contributed by atoms with Gasteiger partial charge in [-0.1, -0.05) is 84.4 Å². The Morgan fingerprint density at radius 2 is 1.43 bits per heavy atom. The van der Waals surface area contributed by atoms with Gasteiger partial charge in [0, 0.05) is 30.6 Å². The summed E-state index contributed by atoms with van der Waals surface area (Å²) in [4.78, 5) is 44.9. The Morgan fingerprint density at radius 1 is 0.815 bits per heavy atom. The van der Waals surface area contributed by atoms with Crippen LogP contribution in [0.15, 0.2) is 115 Å². The van der Waals surface area contributed by atoms with E-state index in [1.54, 1.807) is 31.2 Å². The molecule has 3 aliphatic rings. The summed E-state index contributed by atoms with van der Waals surface area (Å²) in [5.74, 6) is -1.26. The van der Waals surface area contributed by atoms with Crippen LogP contribution in [-0.2, 0) is 16.2 Å². The molecule has 8 nitrogen and oxygen atoms in total. The van der Waals surface area contributed by atoms with Gasteiger partial charge >= 0.3 is 6.03 Å². The SMILES string of the molecule is CCOc1cc(/C=C2\C(=O)NC(=O)N(c3cc4c5c(c3)[C@H](c3ccccc3)CCN5CC[C@H]4c3ccccc3)C2=O)cc(Cl)c1OCc1ccc(F)cc1. The molecule has 3 aliphatic heterocycles. The number of nitrogens with one attached hydrogen (secondary N) is 1. The smallest absolute Gasteiger partial charge is 0.335 e. The van der Waals surface area contributed by atoms with E-state index in [1.165, 1.54) is 18.2 Å². The molecule has 1 saturated heterocycles. The summed E-state index contributed by atoms with van der Waals surface area (Å²) in [6.45, 7) is 3.99. The van der Waals surface area contributed by atoms with Crippen molar-refractivity contribution in [2.24, 2.45) is 0 Å². The molecule has 0 bridgehead atoms. The molecule has 10 heteroatoms. The molecule has 0 spiro atoms. The van der Waals surface area contributed by atoms with Gasteiger partial charge in [-0.15, -0.1) is 0 Å². The number of nitrogens with zero attached hydrogens (tertiary/aromatic N) is 2. The Balaban J connectivity index is 1.19. The van der Waals surface area contributed by atoms with Gasteiger partial charge in [-0.25, -0.2) is 14.1 Å². The number of halogens is 2. The summed E-state index contributed by atoms with van der Waals surface area (Å²) in [6, 6.07) is 32.8. The van der Waals surface area contributed by atoms with E-state index in [-0.39, 0.29) is 47.2 Å². The van der Waals surface area contributed by atoms with Crippen LogP contribution in [0.1, 0.15) is 65.0 Å². The van der Waals surface area contributed by atoms with Crippen molar-refractivity contribution in [1.82, 2.24) is 5.32 Å². The van der Waals surface area contributed by atoms with E-state index in [1.807, 2.05) is 48.5 Å². The van der Waals surface area contributed by atoms with Crippen LogP contribution in [0.25, 0.3) is 6.08 Å². The van der Waals surface area contributed by atoms with E-state index in [0.29, 0.717) is 17.0 Å². The number of rotatable bonds is 9. The third-order valence-corrected chi connectivity index (χ3v) is 10.6. The van der Waals surface area contributed by atoms with Crippen LogP contribution in [0.2, 0.25) is 5.02 Å². The minimum atomic E-state index is -0.818. The number of hydrogen-bond donors (Lipinski definition) is 1. The number of hydrogen-bond acceptors (Lipinski definition) is 6. The van der Waals surface area contributed by atoms with Gasteiger partial charge in [0.15, 0.2) is 11.5 Å². The number of amides is 4. The number of carbonyl (C=O) groups is 3. The number of ether oxygens (including phenoxy) is 2. The van der Waals surface area contributed by atoms with Crippen molar-refractivity contribution >= 4 is 46.9 Å². The summed E-state index contributed by atoms with van der Waals surface area (Å²) < 4.78 is 25.3. The molecule has 0 saturated carbocycles. The predicted molar refractivity (Wildman–Crippen MR) is 207 cm³/mol. The van der Waals surface area contributed by atoms with Crippen molar-refractivity contribution < 1.29 is 28.2 Å². The van der Waals surface area contributed by atoms with E-state index in [9.17, 15) is 18.8 Å². The van der Waals surface area contributed by atoms with Crippen LogP contribution in [-0.4, -0.2) is 37.5 Å². The average molecular weight is 742 g/mol. The Kier molecular flexibility index (Phi) is 9.65. The van der Waals surface area contributed by atoms with Crippen molar-refractivity contribution in [3.05, 3.63) is 159 Å². The van der Waals surface area contributed by atoms with Crippen LogP contribution in [0, 0.1) is 5.82 Å². The van der Waals surface area contributed by atoms with Gasteiger partial charge in [-0.2, -0.15) is 0 Å². The van der Waals surface area contributed by atoms with Crippen LogP contribution in [0.5, 0.6) is 11.5 Å². The fourth-order valence-electron chi connectivity index (χ4n) is 7.84. The molecule has 2 atom stereocenters. The van der Waals surface area contributed by atoms with Gasteiger partial charge in [0.05, 0.1) is 17.3 Å². The fraction of sp³-hybridized carbons (Fsp3) is 0.205. The summed E-state index contributed by atoms with van der Waals surface area (Å²) in [5, 5.41) is 2.58. The number of benzene rings is 5. The lowest BCUT2D eigenvalue weighted by atomic mass is 9.76. The highest BCUT2D eigenvalue weighted by molar-refractivity contribution is 6.39. The third kappa shape index (κ3) is 6.71. The maximum atomic E-state index is 14.4. The second-order valence-electron chi connectivity index (χ2n) is 13.6. The molecule has 3 heterocycles. The molecule has 4 amide bonds. The van der Waals surface area contributed by atoms with Gasteiger partial charge in [0.25, 0.3) is 11.8 Å². The second-order valence-corrected chi connectivity index (χ2v) is 14.0. The van der Waals surface area contributed by atoms with Crippen molar-refractivity contribution in [3.63, 3.8) is 0 Å². The summed E-state index contributed by atoms with van der Waals surface area (Å²) in [6.07, 6.45) is 3.16. The molecule has 0 aromatic heterocycles. The van der Waals surface area contributed by atoms with E-state index < -0.39 is 17.8 Å². The van der Waals surface area contributed by atoms with Crippen LogP contribution in [0.4, 0.5) is 20.6 Å². The van der Waals surface area contributed by atoms with E-state index in [0.717, 1.165) is 64.3 Å². The molecule has 1 N–H and O–H groups in total. The molecule has 272 valence electrons. The zero-order chi connectivity index (χ0) is 37.3. The standard InChI is InChI=1S/C44H37ClFN3O5/c1-2-53-39-23-28(22-38(45)41(39)54-26-27-13-15-31(46)16-14-27)21-37-42(50)47-44(52)49(43(37)51)32-24-35-33(29-9-5-3-6-10-29)17-19-48-20-18-34(36(25-32)40(35)48)30-11-7-4-8-12-30/h3-16,21-25,33-34H,2,17-20,26H2,1H3,(H,47,50,52)/b37-21+/t33-,34-/m0/s1. The third-order valence-electron chi connectivity index (χ3n) is 10.3. The molecule has 8 rings (SSSR count). The largest absolute Gasteiger partial charge is 0.490 e. The number of anilines is 2. The van der Waals surface area contributed by atoms with Crippen LogP contribution in [0.3, 0.4) is 0 Å². The lowest BCUT2D eigenvalue weighted by Gasteiger charge is -2.44. The first kappa shape index (κ1) is 35.1. The van der Waals surface area contributed by atoms with Crippen molar-refractivity contribution in [2.75, 3.05) is 29.5 Å². The minimum absolute atomic E-state index is 0.0493. The zero-order valence-electron chi connectivity index (χ0n) is 29.6. The molecule has 1 fully saturated rings. The van der Waals surface area contributed by atoms with Gasteiger partial charge in [0.2, 0.25) is 0 Å². The maximum Gasteiger partial charge on any atom is 0.335 e. The summed E-state index contributed by atoms with van der Waals surface area (Å²) >= 11 is 6.70. The van der Waals surface area contributed by atoms with E-state index >= 15 is 0 Å². The molecular formula is C44H37ClFN3O5. The molecule has 0 radical (unpaired) electrons. The first-order valence-electron chi connectivity index (χ1n) is 18.1. The Bertz CT molecular complexity index is 2210. The summed E-state index contributed by atoms with van der Waals surface area (Å²) in [7, 11) is 0. The van der Waals surface area contributed by atoms with Crippen LogP contribution < -0.4 is 24.6 Å². The highest BCUT2D eigenvalue weighted by Gasteiger charge is 2.40. The highest BCUT2D eigenvalue weighted by Crippen LogP contribution is 2.50. The topological polar surface area (TPSA) is 88.2 Å². The molecule has 5 aromatic rings. The molecular weight excluding hydrogens is 705 g/mol. The first-order valence-corrected chi connectivity index (χ1v) is 18.4. The molecule has 0 unspecified atom stereocenters. The number of urea groups is 1. The highest BCUT2D eigenvalue weighted by atomic mass is 35.5. The first-order chi connectivity index (χ1) is 26.3.